The summed E-state index contributed by atoms with van der Waals surface area (Å²) in [4.78, 5) is 26.1. The van der Waals surface area contributed by atoms with Crippen molar-refractivity contribution in [1.82, 2.24) is 4.90 Å². The zero-order valence-corrected chi connectivity index (χ0v) is 15.7. The summed E-state index contributed by atoms with van der Waals surface area (Å²) in [7, 11) is 1.53. The van der Waals surface area contributed by atoms with Gasteiger partial charge in [0, 0.05) is 24.0 Å². The fourth-order valence-electron chi connectivity index (χ4n) is 4.34. The molecule has 1 aromatic carbocycles. The van der Waals surface area contributed by atoms with Gasteiger partial charge in [-0.15, -0.1) is 0 Å². The third-order valence-electron chi connectivity index (χ3n) is 5.54. The highest BCUT2D eigenvalue weighted by Crippen LogP contribution is 2.39. The summed E-state index contributed by atoms with van der Waals surface area (Å²) in [6.45, 7) is 0.451. The lowest BCUT2D eigenvalue weighted by molar-refractivity contribution is -0.143. The van der Waals surface area contributed by atoms with E-state index in [1.807, 2.05) is 4.90 Å². The van der Waals surface area contributed by atoms with Crippen molar-refractivity contribution >= 4 is 29.2 Å². The Morgan fingerprint density at radius 2 is 2.12 bits per heavy atom. The first-order chi connectivity index (χ1) is 12.5. The van der Waals surface area contributed by atoms with Crippen LogP contribution < -0.4 is 10.1 Å². The number of rotatable bonds is 6. The predicted octanol–water partition coefficient (Wildman–Crippen LogP) is 3.39. The first-order valence-electron chi connectivity index (χ1n) is 9.11. The van der Waals surface area contributed by atoms with Crippen LogP contribution in [0.3, 0.4) is 0 Å². The van der Waals surface area contributed by atoms with Crippen molar-refractivity contribution < 1.29 is 19.4 Å². The van der Waals surface area contributed by atoms with E-state index in [0.717, 1.165) is 19.3 Å². The highest BCUT2D eigenvalue weighted by molar-refractivity contribution is 6.31. The molecule has 3 rings (SSSR count). The topological polar surface area (TPSA) is 78.9 Å². The number of fused-ring (bicyclic) bond motifs is 1. The van der Waals surface area contributed by atoms with Crippen LogP contribution in [0.4, 0.5) is 5.69 Å². The Kier molecular flexibility index (Phi) is 6.04. The van der Waals surface area contributed by atoms with Gasteiger partial charge in [-0.1, -0.05) is 24.4 Å². The predicted molar refractivity (Wildman–Crippen MR) is 99.7 cm³/mol. The van der Waals surface area contributed by atoms with Crippen LogP contribution in [-0.4, -0.2) is 47.6 Å². The van der Waals surface area contributed by atoms with Crippen molar-refractivity contribution in [3.8, 4) is 5.75 Å². The number of carboxylic acids is 1. The summed E-state index contributed by atoms with van der Waals surface area (Å²) < 4.78 is 5.24. The van der Waals surface area contributed by atoms with Gasteiger partial charge in [-0.2, -0.15) is 0 Å². The Bertz CT molecular complexity index is 682. The van der Waals surface area contributed by atoms with E-state index < -0.39 is 12.0 Å². The summed E-state index contributed by atoms with van der Waals surface area (Å²) in [6.07, 6.45) is 5.37. The molecule has 2 N–H and O–H groups in total. The molecule has 0 bridgehead atoms. The standard InChI is InChI=1S/C19H25ClN2O4/c1-26-17-7-6-13(20)11-14(17)21-18(23)8-9-22-15-5-3-2-4-12(15)10-16(22)19(24)25/h6-7,11-12,15-16H,2-5,8-10H2,1H3,(H,21,23)(H,24,25). The lowest BCUT2D eigenvalue weighted by Crippen LogP contribution is -2.43. The van der Waals surface area contributed by atoms with E-state index in [-0.39, 0.29) is 12.3 Å². The number of nitrogens with one attached hydrogen (secondary N) is 1. The SMILES string of the molecule is COc1ccc(Cl)cc1NC(=O)CCN1C(C(=O)O)CC2CCCCC21. The number of aliphatic carboxylic acids is 1. The average molecular weight is 381 g/mol. The lowest BCUT2D eigenvalue weighted by atomic mass is 9.85. The fraction of sp³-hybridized carbons (Fsp3) is 0.579. The molecule has 0 spiro atoms. The Hall–Kier alpha value is -1.79. The molecule has 3 atom stereocenters. The number of amides is 1. The Balaban J connectivity index is 1.63. The van der Waals surface area contributed by atoms with E-state index in [9.17, 15) is 14.7 Å². The van der Waals surface area contributed by atoms with Gasteiger partial charge in [0.2, 0.25) is 5.91 Å². The Labute approximate surface area is 158 Å². The number of halogens is 1. The van der Waals surface area contributed by atoms with Crippen molar-refractivity contribution in [2.24, 2.45) is 5.92 Å². The molecule has 26 heavy (non-hydrogen) atoms. The van der Waals surface area contributed by atoms with Crippen LogP contribution in [0.5, 0.6) is 5.75 Å². The van der Waals surface area contributed by atoms with Crippen LogP contribution in [0.25, 0.3) is 0 Å². The molecular formula is C19H25ClN2O4. The van der Waals surface area contributed by atoms with E-state index in [2.05, 4.69) is 5.32 Å². The van der Waals surface area contributed by atoms with E-state index in [0.29, 0.717) is 41.4 Å². The molecule has 1 amide bonds. The van der Waals surface area contributed by atoms with Gasteiger partial charge in [-0.25, -0.2) is 0 Å². The van der Waals surface area contributed by atoms with Gasteiger partial charge in [0.05, 0.1) is 12.8 Å². The maximum atomic E-state index is 12.4. The number of carbonyl (C=O) groups is 2. The Morgan fingerprint density at radius 1 is 1.35 bits per heavy atom. The second kappa shape index (κ2) is 8.27. The highest BCUT2D eigenvalue weighted by atomic mass is 35.5. The number of hydrogen-bond donors (Lipinski definition) is 2. The molecule has 1 aliphatic heterocycles. The first-order valence-corrected chi connectivity index (χ1v) is 9.49. The number of ether oxygens (including phenoxy) is 1. The summed E-state index contributed by atoms with van der Waals surface area (Å²) in [6, 6.07) is 4.85. The smallest absolute Gasteiger partial charge is 0.320 e. The van der Waals surface area contributed by atoms with Crippen molar-refractivity contribution in [3.63, 3.8) is 0 Å². The van der Waals surface area contributed by atoms with Crippen LogP contribution in [0, 0.1) is 5.92 Å². The van der Waals surface area contributed by atoms with Crippen LogP contribution in [-0.2, 0) is 9.59 Å². The number of anilines is 1. The minimum absolute atomic E-state index is 0.172. The van der Waals surface area contributed by atoms with Crippen LogP contribution in [0.15, 0.2) is 18.2 Å². The van der Waals surface area contributed by atoms with E-state index >= 15 is 0 Å². The van der Waals surface area contributed by atoms with Crippen molar-refractivity contribution in [2.75, 3.05) is 19.0 Å². The normalized spacial score (nSPS) is 25.5. The summed E-state index contributed by atoms with van der Waals surface area (Å²) in [5, 5.41) is 12.9. The molecule has 1 saturated heterocycles. The number of nitrogens with zero attached hydrogens (tertiary/aromatic N) is 1. The monoisotopic (exact) mass is 380 g/mol. The zero-order chi connectivity index (χ0) is 18.7. The molecule has 6 nitrogen and oxygen atoms in total. The van der Waals surface area contributed by atoms with E-state index in [4.69, 9.17) is 16.3 Å². The van der Waals surface area contributed by atoms with Crippen molar-refractivity contribution in [3.05, 3.63) is 23.2 Å². The molecule has 7 heteroatoms. The van der Waals surface area contributed by atoms with Crippen molar-refractivity contribution in [2.45, 2.75) is 50.6 Å². The second-order valence-electron chi connectivity index (χ2n) is 7.08. The molecule has 3 unspecified atom stereocenters. The molecule has 0 radical (unpaired) electrons. The average Bonchev–Trinajstić information content (AvgIpc) is 2.99. The minimum atomic E-state index is -0.781. The quantitative estimate of drug-likeness (QED) is 0.790. The number of likely N-dealkylation sites (tertiary alicyclic amines) is 1. The van der Waals surface area contributed by atoms with Gasteiger partial charge in [-0.3, -0.25) is 14.5 Å². The van der Waals surface area contributed by atoms with Gasteiger partial charge in [0.15, 0.2) is 0 Å². The molecule has 2 fully saturated rings. The van der Waals surface area contributed by atoms with Crippen LogP contribution >= 0.6 is 11.6 Å². The van der Waals surface area contributed by atoms with Crippen molar-refractivity contribution in [1.29, 1.82) is 0 Å². The molecule has 1 saturated carbocycles. The number of carboxylic acid groups (broad SMARTS) is 1. The molecule has 1 heterocycles. The molecule has 1 aliphatic carbocycles. The first kappa shape index (κ1) is 19.0. The Morgan fingerprint density at radius 3 is 2.85 bits per heavy atom. The van der Waals surface area contributed by atoms with Gasteiger partial charge >= 0.3 is 5.97 Å². The highest BCUT2D eigenvalue weighted by Gasteiger charge is 2.44. The number of carbonyl (C=O) groups excluding carboxylic acids is 1. The summed E-state index contributed by atoms with van der Waals surface area (Å²) >= 11 is 5.99. The fourth-order valence-corrected chi connectivity index (χ4v) is 4.51. The zero-order valence-electron chi connectivity index (χ0n) is 14.9. The largest absolute Gasteiger partial charge is 0.495 e. The molecule has 1 aromatic rings. The maximum absolute atomic E-state index is 12.4. The molecule has 142 valence electrons. The summed E-state index contributed by atoms with van der Waals surface area (Å²) in [5.74, 6) is 0.0332. The van der Waals surface area contributed by atoms with Gasteiger partial charge in [0.1, 0.15) is 11.8 Å². The second-order valence-corrected chi connectivity index (χ2v) is 7.52. The molecular weight excluding hydrogens is 356 g/mol. The number of benzene rings is 1. The molecule has 0 aromatic heterocycles. The third-order valence-corrected chi connectivity index (χ3v) is 5.77. The number of hydrogen-bond acceptors (Lipinski definition) is 4. The van der Waals surface area contributed by atoms with Gasteiger partial charge < -0.3 is 15.2 Å². The van der Waals surface area contributed by atoms with Crippen LogP contribution in [0.1, 0.15) is 38.5 Å². The van der Waals surface area contributed by atoms with E-state index in [1.54, 1.807) is 18.2 Å². The molecule has 2 aliphatic rings. The third kappa shape index (κ3) is 4.13. The van der Waals surface area contributed by atoms with E-state index in [1.165, 1.54) is 13.5 Å². The minimum Gasteiger partial charge on any atom is -0.495 e. The summed E-state index contributed by atoms with van der Waals surface area (Å²) in [5.41, 5.74) is 0.525. The lowest BCUT2D eigenvalue weighted by Gasteiger charge is -2.32. The van der Waals surface area contributed by atoms with Gasteiger partial charge in [0.25, 0.3) is 0 Å². The number of methoxy groups -OCH3 is 1. The maximum Gasteiger partial charge on any atom is 0.320 e. The van der Waals surface area contributed by atoms with Gasteiger partial charge in [-0.05, 0) is 43.4 Å². The van der Waals surface area contributed by atoms with Crippen LogP contribution in [0.2, 0.25) is 5.02 Å².